The highest BCUT2D eigenvalue weighted by Crippen LogP contribution is 2.30. The summed E-state index contributed by atoms with van der Waals surface area (Å²) in [5, 5.41) is 4.62. The molecule has 150 valence electrons. The van der Waals surface area contributed by atoms with Crippen molar-refractivity contribution in [2.45, 2.75) is 13.5 Å². The molecule has 1 fully saturated rings. The van der Waals surface area contributed by atoms with Crippen molar-refractivity contribution in [2.75, 3.05) is 29.9 Å². The number of thioether (sulfide) groups is 1. The first-order chi connectivity index (χ1) is 14.1. The number of hydrogen-bond donors (Lipinski definition) is 1. The lowest BCUT2D eigenvalue weighted by Gasteiger charge is -2.27. The Bertz CT molecular complexity index is 998. The van der Waals surface area contributed by atoms with Crippen LogP contribution in [0, 0.1) is 6.92 Å². The third kappa shape index (κ3) is 5.01. The van der Waals surface area contributed by atoms with Crippen LogP contribution < -0.4 is 5.32 Å². The summed E-state index contributed by atoms with van der Waals surface area (Å²) < 4.78 is 0. The molecule has 0 saturated carbocycles. The van der Waals surface area contributed by atoms with E-state index in [4.69, 9.17) is 11.6 Å². The molecule has 1 N–H and O–H groups in total. The third-order valence-corrected chi connectivity index (χ3v) is 7.26. The zero-order valence-electron chi connectivity index (χ0n) is 16.2. The van der Waals surface area contributed by atoms with Crippen LogP contribution in [0.1, 0.15) is 20.9 Å². The number of halogens is 1. The van der Waals surface area contributed by atoms with Crippen LogP contribution in [0.15, 0.2) is 48.5 Å². The Hall–Kier alpha value is -1.86. The van der Waals surface area contributed by atoms with Gasteiger partial charge in [0.1, 0.15) is 9.88 Å². The van der Waals surface area contributed by atoms with Gasteiger partial charge in [0.05, 0.1) is 5.69 Å². The number of nitrogens with zero attached hydrogens (tertiary/aromatic N) is 2. The number of anilines is 1. The quantitative estimate of drug-likeness (QED) is 0.559. The molecular weight excluding hydrogens is 422 g/mol. The Balaban J connectivity index is 1.52. The second-order valence-electron chi connectivity index (χ2n) is 6.94. The predicted octanol–water partition coefficient (Wildman–Crippen LogP) is 5.57. The Morgan fingerprint density at radius 3 is 2.62 bits per heavy atom. The molecule has 3 aromatic rings. The van der Waals surface area contributed by atoms with Gasteiger partial charge >= 0.3 is 0 Å². The van der Waals surface area contributed by atoms with E-state index in [9.17, 15) is 4.79 Å². The number of carbonyl (C=O) groups is 1. The maximum absolute atomic E-state index is 13.0. The normalized spacial score (nSPS) is 14.7. The topological polar surface area (TPSA) is 45.2 Å². The summed E-state index contributed by atoms with van der Waals surface area (Å²) in [4.78, 5) is 20.7. The standard InChI is InChI=1S/C22H22ClN3OS2/c1-15-20(29-22(24-15)16-6-8-18(23)9-7-16)21(27)25-19-5-3-2-4-17(19)14-26-10-12-28-13-11-26/h2-9H,10-14H2,1H3,(H,25,27). The highest BCUT2D eigenvalue weighted by Gasteiger charge is 2.18. The summed E-state index contributed by atoms with van der Waals surface area (Å²) in [5.41, 5.74) is 3.72. The molecule has 1 aliphatic rings. The molecule has 1 amide bonds. The first-order valence-electron chi connectivity index (χ1n) is 9.53. The van der Waals surface area contributed by atoms with E-state index < -0.39 is 0 Å². The van der Waals surface area contributed by atoms with E-state index in [1.54, 1.807) is 0 Å². The molecule has 1 aromatic heterocycles. The summed E-state index contributed by atoms with van der Waals surface area (Å²) in [5.74, 6) is 2.23. The number of aromatic nitrogens is 1. The number of para-hydroxylation sites is 1. The molecule has 0 bridgehead atoms. The van der Waals surface area contributed by atoms with Crippen LogP contribution in [-0.4, -0.2) is 40.4 Å². The summed E-state index contributed by atoms with van der Waals surface area (Å²) in [6.45, 7) is 4.91. The fourth-order valence-electron chi connectivity index (χ4n) is 3.28. The van der Waals surface area contributed by atoms with Gasteiger partial charge < -0.3 is 5.32 Å². The van der Waals surface area contributed by atoms with Crippen LogP contribution in [0.2, 0.25) is 5.02 Å². The van der Waals surface area contributed by atoms with Crippen LogP contribution in [0.4, 0.5) is 5.69 Å². The molecular formula is C22H22ClN3OS2. The minimum atomic E-state index is -0.109. The van der Waals surface area contributed by atoms with Gasteiger partial charge in [0, 0.05) is 47.4 Å². The number of hydrogen-bond acceptors (Lipinski definition) is 5. The molecule has 0 atom stereocenters. The van der Waals surface area contributed by atoms with Gasteiger partial charge in [-0.15, -0.1) is 11.3 Å². The van der Waals surface area contributed by atoms with Crippen molar-refractivity contribution in [3.05, 3.63) is 69.7 Å². The highest BCUT2D eigenvalue weighted by atomic mass is 35.5. The van der Waals surface area contributed by atoms with Crippen LogP contribution in [0.5, 0.6) is 0 Å². The number of nitrogens with one attached hydrogen (secondary N) is 1. The summed E-state index contributed by atoms with van der Waals surface area (Å²) in [6, 6.07) is 15.6. The lowest BCUT2D eigenvalue weighted by Crippen LogP contribution is -2.32. The smallest absolute Gasteiger partial charge is 0.267 e. The van der Waals surface area contributed by atoms with Crippen molar-refractivity contribution in [3.63, 3.8) is 0 Å². The molecule has 0 radical (unpaired) electrons. The minimum absolute atomic E-state index is 0.109. The lowest BCUT2D eigenvalue weighted by molar-refractivity contribution is 0.102. The minimum Gasteiger partial charge on any atom is -0.321 e. The van der Waals surface area contributed by atoms with E-state index in [0.717, 1.165) is 47.2 Å². The number of benzene rings is 2. The van der Waals surface area contributed by atoms with Crippen LogP contribution in [0.3, 0.4) is 0 Å². The van der Waals surface area contributed by atoms with Gasteiger partial charge in [-0.25, -0.2) is 4.98 Å². The van der Waals surface area contributed by atoms with Crippen molar-refractivity contribution in [3.8, 4) is 10.6 Å². The van der Waals surface area contributed by atoms with Crippen LogP contribution >= 0.6 is 34.7 Å². The largest absolute Gasteiger partial charge is 0.321 e. The molecule has 1 aliphatic heterocycles. The van der Waals surface area contributed by atoms with E-state index in [1.165, 1.54) is 22.8 Å². The molecule has 4 rings (SSSR count). The third-order valence-electron chi connectivity index (χ3n) is 4.86. The van der Waals surface area contributed by atoms with Crippen molar-refractivity contribution in [1.82, 2.24) is 9.88 Å². The summed E-state index contributed by atoms with van der Waals surface area (Å²) in [7, 11) is 0. The number of amides is 1. The SMILES string of the molecule is Cc1nc(-c2ccc(Cl)cc2)sc1C(=O)Nc1ccccc1CN1CCSCC1. The van der Waals surface area contributed by atoms with E-state index in [-0.39, 0.29) is 5.91 Å². The van der Waals surface area contributed by atoms with Crippen LogP contribution in [-0.2, 0) is 6.54 Å². The number of thiazole rings is 1. The number of rotatable bonds is 5. The Morgan fingerprint density at radius 2 is 1.86 bits per heavy atom. The Kier molecular flexibility index (Phi) is 6.55. The van der Waals surface area contributed by atoms with Gasteiger partial charge in [-0.2, -0.15) is 11.8 Å². The first-order valence-corrected chi connectivity index (χ1v) is 11.9. The lowest BCUT2D eigenvalue weighted by atomic mass is 10.1. The van der Waals surface area contributed by atoms with Gasteiger partial charge in [0.25, 0.3) is 5.91 Å². The fraction of sp³-hybridized carbons (Fsp3) is 0.273. The van der Waals surface area contributed by atoms with E-state index in [0.29, 0.717) is 9.90 Å². The second kappa shape index (κ2) is 9.30. The Labute approximate surface area is 184 Å². The summed E-state index contributed by atoms with van der Waals surface area (Å²) >= 11 is 9.38. The zero-order chi connectivity index (χ0) is 20.2. The van der Waals surface area contributed by atoms with Crippen molar-refractivity contribution in [1.29, 1.82) is 0 Å². The van der Waals surface area contributed by atoms with Gasteiger partial charge in [-0.3, -0.25) is 9.69 Å². The number of aryl methyl sites for hydroxylation is 1. The van der Waals surface area contributed by atoms with E-state index >= 15 is 0 Å². The molecule has 0 unspecified atom stereocenters. The van der Waals surface area contributed by atoms with Gasteiger partial charge in [0.15, 0.2) is 0 Å². The molecule has 29 heavy (non-hydrogen) atoms. The second-order valence-corrected chi connectivity index (χ2v) is 9.60. The molecule has 2 aromatic carbocycles. The van der Waals surface area contributed by atoms with Gasteiger partial charge in [0.2, 0.25) is 0 Å². The van der Waals surface area contributed by atoms with E-state index in [1.807, 2.05) is 61.2 Å². The average Bonchev–Trinajstić information content (AvgIpc) is 3.12. The van der Waals surface area contributed by atoms with Crippen molar-refractivity contribution >= 4 is 46.3 Å². The average molecular weight is 444 g/mol. The molecule has 0 spiro atoms. The molecule has 2 heterocycles. The fourth-order valence-corrected chi connectivity index (χ4v) is 5.35. The Morgan fingerprint density at radius 1 is 1.14 bits per heavy atom. The van der Waals surface area contributed by atoms with Gasteiger partial charge in [-0.05, 0) is 30.7 Å². The van der Waals surface area contributed by atoms with E-state index in [2.05, 4.69) is 21.3 Å². The molecule has 7 heteroatoms. The summed E-state index contributed by atoms with van der Waals surface area (Å²) in [6.07, 6.45) is 0. The molecule has 1 saturated heterocycles. The maximum atomic E-state index is 13.0. The first kappa shape index (κ1) is 20.4. The predicted molar refractivity (Wildman–Crippen MR) is 124 cm³/mol. The van der Waals surface area contributed by atoms with Crippen LogP contribution in [0.25, 0.3) is 10.6 Å². The highest BCUT2D eigenvalue weighted by molar-refractivity contribution is 7.99. The monoisotopic (exact) mass is 443 g/mol. The van der Waals surface area contributed by atoms with Crippen molar-refractivity contribution in [2.24, 2.45) is 0 Å². The molecule has 0 aliphatic carbocycles. The molecule has 4 nitrogen and oxygen atoms in total. The number of carbonyl (C=O) groups excluding carboxylic acids is 1. The maximum Gasteiger partial charge on any atom is 0.267 e. The van der Waals surface area contributed by atoms with Crippen molar-refractivity contribution < 1.29 is 4.79 Å². The zero-order valence-corrected chi connectivity index (χ0v) is 18.5. The van der Waals surface area contributed by atoms with Gasteiger partial charge in [-0.1, -0.05) is 41.9 Å².